The topological polar surface area (TPSA) is 0 Å². The lowest BCUT2D eigenvalue weighted by atomic mass is 10.0. The van der Waals surface area contributed by atoms with Crippen molar-refractivity contribution in [3.05, 3.63) is 94.3 Å². The van der Waals surface area contributed by atoms with Gasteiger partial charge in [0.05, 0.1) is 11.1 Å². The predicted molar refractivity (Wildman–Crippen MR) is 93.6 cm³/mol. The minimum Gasteiger partial charge on any atom is -0.206 e. The van der Waals surface area contributed by atoms with E-state index in [0.29, 0.717) is 5.56 Å². The van der Waals surface area contributed by atoms with E-state index in [2.05, 4.69) is 11.8 Å². The van der Waals surface area contributed by atoms with Crippen LogP contribution in [0.15, 0.2) is 54.6 Å². The highest BCUT2D eigenvalue weighted by molar-refractivity contribution is 5.66. The minimum absolute atomic E-state index is 0.0907. The molecular weight excluding hydrogens is 321 g/mol. The normalized spacial score (nSPS) is 10.3. The van der Waals surface area contributed by atoms with Crippen LogP contribution in [-0.4, -0.2) is 0 Å². The summed E-state index contributed by atoms with van der Waals surface area (Å²) >= 11 is 0. The minimum atomic E-state index is -0.697. The molecule has 0 bridgehead atoms. The molecule has 25 heavy (non-hydrogen) atoms. The summed E-state index contributed by atoms with van der Waals surface area (Å²) in [6.45, 7) is 3.67. The zero-order chi connectivity index (χ0) is 18.0. The average molecular weight is 336 g/mol. The molecule has 0 nitrogen and oxygen atoms in total. The van der Waals surface area contributed by atoms with Crippen molar-refractivity contribution in [3.63, 3.8) is 0 Å². The highest BCUT2D eigenvalue weighted by atomic mass is 19.1. The summed E-state index contributed by atoms with van der Waals surface area (Å²) in [5.41, 5.74) is 2.51. The summed E-state index contributed by atoms with van der Waals surface area (Å²) in [5, 5.41) is 0. The van der Waals surface area contributed by atoms with E-state index in [1.54, 1.807) is 43.3 Å². The Morgan fingerprint density at radius 1 is 0.640 bits per heavy atom. The van der Waals surface area contributed by atoms with Crippen molar-refractivity contribution in [2.24, 2.45) is 0 Å². The second kappa shape index (κ2) is 6.86. The lowest BCUT2D eigenvalue weighted by molar-refractivity contribution is 0.589. The first-order chi connectivity index (χ1) is 11.9. The van der Waals surface area contributed by atoms with E-state index in [9.17, 15) is 13.2 Å². The van der Waals surface area contributed by atoms with Crippen LogP contribution in [-0.2, 0) is 0 Å². The van der Waals surface area contributed by atoms with Gasteiger partial charge in [-0.15, -0.1) is 0 Å². The van der Waals surface area contributed by atoms with Crippen molar-refractivity contribution >= 4 is 0 Å². The Labute approximate surface area is 145 Å². The molecule has 3 aromatic rings. The molecule has 0 aliphatic rings. The van der Waals surface area contributed by atoms with Gasteiger partial charge in [-0.1, -0.05) is 47.7 Å². The fraction of sp³-hybridized carbons (Fsp3) is 0.0909. The van der Waals surface area contributed by atoms with E-state index in [1.807, 2.05) is 6.92 Å². The number of rotatable bonds is 1. The number of hydrogen-bond donors (Lipinski definition) is 0. The summed E-state index contributed by atoms with van der Waals surface area (Å²) in [6.07, 6.45) is 0. The first-order valence-corrected chi connectivity index (χ1v) is 7.78. The number of aryl methyl sites for hydroxylation is 2. The van der Waals surface area contributed by atoms with Gasteiger partial charge in [0.1, 0.15) is 17.5 Å². The first kappa shape index (κ1) is 16.9. The third-order valence-electron chi connectivity index (χ3n) is 3.85. The molecule has 0 aliphatic carbocycles. The molecule has 0 radical (unpaired) electrons. The first-order valence-electron chi connectivity index (χ1n) is 7.78. The molecule has 0 fully saturated rings. The maximum atomic E-state index is 14.4. The Morgan fingerprint density at radius 2 is 1.24 bits per heavy atom. The number of halogens is 3. The fourth-order valence-corrected chi connectivity index (χ4v) is 2.50. The van der Waals surface area contributed by atoms with Crippen LogP contribution in [0.1, 0.15) is 22.3 Å². The van der Waals surface area contributed by atoms with E-state index >= 15 is 0 Å². The largest absolute Gasteiger partial charge is 0.206 e. The second-order valence-electron chi connectivity index (χ2n) is 5.91. The molecule has 0 aliphatic heterocycles. The van der Waals surface area contributed by atoms with E-state index in [4.69, 9.17) is 0 Å². The van der Waals surface area contributed by atoms with Crippen molar-refractivity contribution in [1.82, 2.24) is 0 Å². The van der Waals surface area contributed by atoms with Crippen LogP contribution in [0, 0.1) is 43.1 Å². The van der Waals surface area contributed by atoms with Gasteiger partial charge in [0.2, 0.25) is 0 Å². The van der Waals surface area contributed by atoms with Gasteiger partial charge in [-0.25, -0.2) is 13.2 Å². The quantitative estimate of drug-likeness (QED) is 0.494. The Balaban J connectivity index is 1.98. The molecule has 0 heterocycles. The molecule has 0 saturated heterocycles. The van der Waals surface area contributed by atoms with Crippen LogP contribution in [0.5, 0.6) is 0 Å². The lowest BCUT2D eigenvalue weighted by Gasteiger charge is -2.06. The summed E-state index contributed by atoms with van der Waals surface area (Å²) in [7, 11) is 0. The molecule has 3 heteroatoms. The Morgan fingerprint density at radius 3 is 1.84 bits per heavy atom. The van der Waals surface area contributed by atoms with E-state index in [0.717, 1.165) is 23.3 Å². The third-order valence-corrected chi connectivity index (χ3v) is 3.85. The van der Waals surface area contributed by atoms with Crippen molar-refractivity contribution in [1.29, 1.82) is 0 Å². The number of hydrogen-bond acceptors (Lipinski definition) is 0. The fourth-order valence-electron chi connectivity index (χ4n) is 2.50. The molecule has 0 amide bonds. The Bertz CT molecular complexity index is 967. The second-order valence-corrected chi connectivity index (χ2v) is 5.91. The highest BCUT2D eigenvalue weighted by Gasteiger charge is 2.12. The lowest BCUT2D eigenvalue weighted by Crippen LogP contribution is -1.93. The van der Waals surface area contributed by atoms with E-state index < -0.39 is 17.5 Å². The van der Waals surface area contributed by atoms with Crippen molar-refractivity contribution in [2.45, 2.75) is 13.8 Å². The van der Waals surface area contributed by atoms with E-state index in [-0.39, 0.29) is 16.7 Å². The highest BCUT2D eigenvalue weighted by Crippen LogP contribution is 2.27. The van der Waals surface area contributed by atoms with Crippen LogP contribution >= 0.6 is 0 Å². The van der Waals surface area contributed by atoms with Crippen LogP contribution < -0.4 is 0 Å². The summed E-state index contributed by atoms with van der Waals surface area (Å²) in [6, 6.07) is 13.9. The van der Waals surface area contributed by atoms with Crippen LogP contribution in [0.2, 0.25) is 0 Å². The molecular formula is C22H15F3. The summed E-state index contributed by atoms with van der Waals surface area (Å²) in [5.74, 6) is 3.39. The maximum Gasteiger partial charge on any atom is 0.139 e. The van der Waals surface area contributed by atoms with Gasteiger partial charge in [0.25, 0.3) is 0 Å². The molecule has 0 atom stereocenters. The molecule has 0 aromatic heterocycles. The van der Waals surface area contributed by atoms with Gasteiger partial charge < -0.3 is 0 Å². The van der Waals surface area contributed by atoms with Crippen molar-refractivity contribution in [3.8, 4) is 23.0 Å². The number of benzene rings is 3. The maximum absolute atomic E-state index is 14.4. The van der Waals surface area contributed by atoms with Gasteiger partial charge >= 0.3 is 0 Å². The zero-order valence-corrected chi connectivity index (χ0v) is 13.8. The van der Waals surface area contributed by atoms with Crippen LogP contribution in [0.4, 0.5) is 13.2 Å². The van der Waals surface area contributed by atoms with E-state index in [1.165, 1.54) is 6.07 Å². The van der Waals surface area contributed by atoms with Gasteiger partial charge in [-0.05, 0) is 49.2 Å². The van der Waals surface area contributed by atoms with Crippen molar-refractivity contribution in [2.75, 3.05) is 0 Å². The van der Waals surface area contributed by atoms with Crippen molar-refractivity contribution < 1.29 is 13.2 Å². The van der Waals surface area contributed by atoms with Gasteiger partial charge in [0, 0.05) is 5.56 Å². The summed E-state index contributed by atoms with van der Waals surface area (Å²) in [4.78, 5) is 0. The Kier molecular flexibility index (Phi) is 4.63. The monoisotopic (exact) mass is 336 g/mol. The molecule has 3 aromatic carbocycles. The third kappa shape index (κ3) is 3.75. The summed E-state index contributed by atoms with van der Waals surface area (Å²) < 4.78 is 42.5. The predicted octanol–water partition coefficient (Wildman–Crippen LogP) is 5.79. The van der Waals surface area contributed by atoms with Gasteiger partial charge in [0.15, 0.2) is 0 Å². The van der Waals surface area contributed by atoms with Gasteiger partial charge in [-0.3, -0.25) is 0 Å². The average Bonchev–Trinajstić information content (AvgIpc) is 2.55. The molecule has 0 saturated carbocycles. The smallest absolute Gasteiger partial charge is 0.139 e. The molecule has 3 rings (SSSR count). The molecule has 0 spiro atoms. The van der Waals surface area contributed by atoms with Crippen LogP contribution in [0.25, 0.3) is 11.1 Å². The standard InChI is InChI=1S/C22H15F3/c1-14-3-8-18(9-4-14)22-20(24)12-16(13-21(22)25)6-10-17-7-5-15(2)11-19(17)23/h3-5,7-9,11-13H,1-2H3. The Hall–Kier alpha value is -2.99. The molecule has 124 valence electrons. The van der Waals surface area contributed by atoms with Gasteiger partial charge in [-0.2, -0.15) is 0 Å². The molecule has 0 N–H and O–H groups in total. The molecule has 0 unspecified atom stereocenters. The SMILES string of the molecule is Cc1ccc(-c2c(F)cc(C#Cc3ccc(C)cc3F)cc2F)cc1. The zero-order valence-electron chi connectivity index (χ0n) is 13.8. The van der Waals surface area contributed by atoms with Crippen LogP contribution in [0.3, 0.4) is 0 Å².